The van der Waals surface area contributed by atoms with Gasteiger partial charge in [0.15, 0.2) is 5.69 Å². The van der Waals surface area contributed by atoms with Crippen molar-refractivity contribution in [3.05, 3.63) is 106 Å². The average molecular weight is 485 g/mol. The summed E-state index contributed by atoms with van der Waals surface area (Å²) in [7, 11) is 0. The van der Waals surface area contributed by atoms with E-state index in [4.69, 9.17) is 11.6 Å². The van der Waals surface area contributed by atoms with Crippen LogP contribution in [0, 0.1) is 18.3 Å². The van der Waals surface area contributed by atoms with Gasteiger partial charge in [-0.1, -0.05) is 41.4 Å². The molecule has 2 aromatic carbocycles. The van der Waals surface area contributed by atoms with Crippen LogP contribution in [0.25, 0.3) is 5.69 Å². The molecule has 7 nitrogen and oxygen atoms in total. The summed E-state index contributed by atoms with van der Waals surface area (Å²) in [6.45, 7) is 4.08. The molecule has 0 atom stereocenters. The van der Waals surface area contributed by atoms with Crippen molar-refractivity contribution in [2.24, 2.45) is 0 Å². The molecule has 0 unspecified atom stereocenters. The summed E-state index contributed by atoms with van der Waals surface area (Å²) >= 11 is 6.06. The summed E-state index contributed by atoms with van der Waals surface area (Å²) in [5.41, 5.74) is 3.74. The zero-order chi connectivity index (χ0) is 24.6. The fourth-order valence-electron chi connectivity index (χ4n) is 3.61. The summed E-state index contributed by atoms with van der Waals surface area (Å²) in [5.74, 6) is 0.191. The topological polar surface area (TPSA) is 95.6 Å². The van der Waals surface area contributed by atoms with Crippen molar-refractivity contribution in [2.75, 3.05) is 18.4 Å². The molecule has 0 amide bonds. The van der Waals surface area contributed by atoms with E-state index < -0.39 is 0 Å². The van der Waals surface area contributed by atoms with Gasteiger partial charge in [0.25, 0.3) is 0 Å². The van der Waals surface area contributed by atoms with Crippen molar-refractivity contribution in [3.63, 3.8) is 0 Å². The molecule has 0 aliphatic heterocycles. The summed E-state index contributed by atoms with van der Waals surface area (Å²) in [6.07, 6.45) is 4.35. The minimum atomic E-state index is -0.295. The van der Waals surface area contributed by atoms with Crippen LogP contribution < -0.4 is 10.6 Å². The van der Waals surface area contributed by atoms with Gasteiger partial charge in [0.05, 0.1) is 5.69 Å². The standard InChI is InChI=1S/C27H25ClN6O/c1-19-3-5-21(6-4-19)26(35)25-24(17-29)27(34(33-25)23-9-7-22(28)8-10-23)32-14-2-13-31-18-20-11-15-30-16-12-20/h3-12,15-16,31-32H,2,13-14,18H2,1H3. The molecule has 2 heterocycles. The van der Waals surface area contributed by atoms with Crippen LogP contribution >= 0.6 is 11.6 Å². The molecule has 35 heavy (non-hydrogen) atoms. The number of aromatic nitrogens is 3. The molecular formula is C27H25ClN6O. The Morgan fingerprint density at radius 2 is 1.74 bits per heavy atom. The molecule has 4 rings (SSSR count). The quantitative estimate of drug-likeness (QED) is 0.245. The third-order valence-electron chi connectivity index (χ3n) is 5.50. The number of nitrogens with one attached hydrogen (secondary N) is 2. The van der Waals surface area contributed by atoms with Gasteiger partial charge >= 0.3 is 0 Å². The number of nitrogens with zero attached hydrogens (tertiary/aromatic N) is 4. The van der Waals surface area contributed by atoms with Crippen LogP contribution in [0.3, 0.4) is 0 Å². The van der Waals surface area contributed by atoms with Gasteiger partial charge in [-0.05, 0) is 61.9 Å². The fraction of sp³-hybridized carbons (Fsp3) is 0.185. The maximum Gasteiger partial charge on any atom is 0.214 e. The van der Waals surface area contributed by atoms with E-state index >= 15 is 0 Å². The highest BCUT2D eigenvalue weighted by Crippen LogP contribution is 2.26. The number of aryl methyl sites for hydroxylation is 1. The molecule has 8 heteroatoms. The summed E-state index contributed by atoms with van der Waals surface area (Å²) in [4.78, 5) is 17.3. The van der Waals surface area contributed by atoms with Gasteiger partial charge in [0.2, 0.25) is 5.78 Å². The molecule has 0 spiro atoms. The highest BCUT2D eigenvalue weighted by atomic mass is 35.5. The highest BCUT2D eigenvalue weighted by Gasteiger charge is 2.25. The Morgan fingerprint density at radius 1 is 1.03 bits per heavy atom. The van der Waals surface area contributed by atoms with Gasteiger partial charge in [-0.3, -0.25) is 9.78 Å². The lowest BCUT2D eigenvalue weighted by Crippen LogP contribution is -2.18. The molecule has 4 aromatic rings. The summed E-state index contributed by atoms with van der Waals surface area (Å²) in [5, 5.41) is 21.8. The SMILES string of the molecule is Cc1ccc(C(=O)c2nn(-c3ccc(Cl)cc3)c(NCCCNCc3ccncc3)c2C#N)cc1. The van der Waals surface area contributed by atoms with Gasteiger partial charge in [0, 0.05) is 36.1 Å². The van der Waals surface area contributed by atoms with Crippen LogP contribution in [0.4, 0.5) is 5.82 Å². The van der Waals surface area contributed by atoms with Gasteiger partial charge in [-0.25, -0.2) is 4.68 Å². The van der Waals surface area contributed by atoms with E-state index in [-0.39, 0.29) is 17.0 Å². The van der Waals surface area contributed by atoms with E-state index in [1.807, 2.05) is 31.2 Å². The second-order valence-corrected chi connectivity index (χ2v) is 8.52. The molecular weight excluding hydrogens is 460 g/mol. The van der Waals surface area contributed by atoms with Crippen molar-refractivity contribution in [1.82, 2.24) is 20.1 Å². The predicted molar refractivity (Wildman–Crippen MR) is 137 cm³/mol. The van der Waals surface area contributed by atoms with E-state index in [0.717, 1.165) is 25.1 Å². The lowest BCUT2D eigenvalue weighted by atomic mass is 10.0. The largest absolute Gasteiger partial charge is 0.369 e. The van der Waals surface area contributed by atoms with Gasteiger partial charge in [-0.2, -0.15) is 10.4 Å². The molecule has 2 N–H and O–H groups in total. The number of anilines is 1. The Morgan fingerprint density at radius 3 is 2.43 bits per heavy atom. The van der Waals surface area contributed by atoms with E-state index in [0.29, 0.717) is 28.6 Å². The maximum atomic E-state index is 13.2. The highest BCUT2D eigenvalue weighted by molar-refractivity contribution is 6.30. The van der Waals surface area contributed by atoms with Crippen molar-refractivity contribution in [1.29, 1.82) is 5.26 Å². The number of carbonyl (C=O) groups is 1. The normalized spacial score (nSPS) is 10.7. The Kier molecular flexibility index (Phi) is 7.88. The van der Waals surface area contributed by atoms with Crippen LogP contribution in [0.1, 0.15) is 39.2 Å². The second-order valence-electron chi connectivity index (χ2n) is 8.08. The number of nitriles is 1. The number of hydrogen-bond donors (Lipinski definition) is 2. The first kappa shape index (κ1) is 24.1. The third kappa shape index (κ3) is 5.93. The van der Waals surface area contributed by atoms with Crippen LogP contribution in [-0.4, -0.2) is 33.6 Å². The first-order valence-electron chi connectivity index (χ1n) is 11.3. The number of benzene rings is 2. The molecule has 0 bridgehead atoms. The number of carbonyl (C=O) groups excluding carboxylic acids is 1. The Balaban J connectivity index is 1.54. The lowest BCUT2D eigenvalue weighted by Gasteiger charge is -2.11. The Labute approximate surface area is 209 Å². The predicted octanol–water partition coefficient (Wildman–Crippen LogP) is 4.92. The van der Waals surface area contributed by atoms with Crippen LogP contribution in [0.15, 0.2) is 73.1 Å². The molecule has 0 aliphatic rings. The zero-order valence-electron chi connectivity index (χ0n) is 19.3. The minimum absolute atomic E-state index is 0.115. The smallest absolute Gasteiger partial charge is 0.214 e. The van der Waals surface area contributed by atoms with E-state index in [1.54, 1.807) is 53.5 Å². The molecule has 176 valence electrons. The number of hydrogen-bond acceptors (Lipinski definition) is 6. The Bertz CT molecular complexity index is 1330. The molecule has 0 aliphatic carbocycles. The van der Waals surface area contributed by atoms with Crippen molar-refractivity contribution >= 4 is 23.2 Å². The number of ketones is 1. The fourth-order valence-corrected chi connectivity index (χ4v) is 3.74. The summed E-state index contributed by atoms with van der Waals surface area (Å²) in [6, 6.07) is 20.5. The van der Waals surface area contributed by atoms with Crippen molar-refractivity contribution < 1.29 is 4.79 Å². The van der Waals surface area contributed by atoms with Crippen LogP contribution in [0.5, 0.6) is 0 Å². The first-order valence-corrected chi connectivity index (χ1v) is 11.7. The van der Waals surface area contributed by atoms with E-state index in [9.17, 15) is 10.1 Å². The number of rotatable bonds is 10. The lowest BCUT2D eigenvalue weighted by molar-refractivity contribution is 0.103. The average Bonchev–Trinajstić information content (AvgIpc) is 3.25. The summed E-state index contributed by atoms with van der Waals surface area (Å²) < 4.78 is 1.60. The maximum absolute atomic E-state index is 13.2. The first-order chi connectivity index (χ1) is 17.1. The zero-order valence-corrected chi connectivity index (χ0v) is 20.1. The number of pyridine rings is 1. The third-order valence-corrected chi connectivity index (χ3v) is 5.75. The Hall–Kier alpha value is -3.99. The van der Waals surface area contributed by atoms with Crippen molar-refractivity contribution in [3.8, 4) is 11.8 Å². The number of halogens is 1. The van der Waals surface area contributed by atoms with Crippen molar-refractivity contribution in [2.45, 2.75) is 19.9 Å². The minimum Gasteiger partial charge on any atom is -0.369 e. The van der Waals surface area contributed by atoms with Crippen LogP contribution in [-0.2, 0) is 6.54 Å². The van der Waals surface area contributed by atoms with E-state index in [2.05, 4.69) is 26.8 Å². The second kappa shape index (κ2) is 11.4. The van der Waals surface area contributed by atoms with Gasteiger partial charge in [-0.15, -0.1) is 0 Å². The molecule has 0 radical (unpaired) electrons. The molecule has 0 saturated carbocycles. The van der Waals surface area contributed by atoms with E-state index in [1.165, 1.54) is 5.56 Å². The molecule has 2 aromatic heterocycles. The van der Waals surface area contributed by atoms with Crippen LogP contribution in [0.2, 0.25) is 5.02 Å². The monoisotopic (exact) mass is 484 g/mol. The molecule has 0 saturated heterocycles. The van der Waals surface area contributed by atoms with Gasteiger partial charge < -0.3 is 10.6 Å². The van der Waals surface area contributed by atoms with Gasteiger partial charge in [0.1, 0.15) is 17.5 Å². The molecule has 0 fully saturated rings.